The highest BCUT2D eigenvalue weighted by Gasteiger charge is 2.23. The van der Waals surface area contributed by atoms with E-state index in [9.17, 15) is 9.90 Å². The van der Waals surface area contributed by atoms with Crippen molar-refractivity contribution < 1.29 is 9.90 Å². The molecule has 1 saturated carbocycles. The molecule has 0 atom stereocenters. The standard InChI is InChI=1S/C34H33N3O2/c38-34(39)28-18-21-32-31(22-28)35-33(37(32)30-14-8-3-9-15-30)27-16-19-29(20-17-27)36(23-25-10-4-1-5-11-25)24-26-12-6-2-7-13-26/h1-2,4-7,10-13,16-22,30H,3,8-9,14-15,23-24H2,(H,38,39). The number of anilines is 1. The van der Waals surface area contributed by atoms with E-state index in [0.29, 0.717) is 6.04 Å². The minimum Gasteiger partial charge on any atom is -0.478 e. The molecule has 196 valence electrons. The Balaban J connectivity index is 1.37. The quantitative estimate of drug-likeness (QED) is 0.227. The average molecular weight is 516 g/mol. The third-order valence-electron chi connectivity index (χ3n) is 7.80. The second-order valence-electron chi connectivity index (χ2n) is 10.5. The van der Waals surface area contributed by atoms with Gasteiger partial charge in [0.2, 0.25) is 0 Å². The van der Waals surface area contributed by atoms with Gasteiger partial charge in [0.15, 0.2) is 0 Å². The normalized spacial score (nSPS) is 13.9. The van der Waals surface area contributed by atoms with Crippen LogP contribution in [0.1, 0.15) is 59.6 Å². The zero-order valence-corrected chi connectivity index (χ0v) is 22.0. The van der Waals surface area contributed by atoms with Crippen LogP contribution in [0.3, 0.4) is 0 Å². The molecule has 1 aliphatic rings. The van der Waals surface area contributed by atoms with Crippen LogP contribution < -0.4 is 4.90 Å². The van der Waals surface area contributed by atoms with E-state index in [4.69, 9.17) is 4.98 Å². The van der Waals surface area contributed by atoms with Crippen molar-refractivity contribution in [3.8, 4) is 11.4 Å². The molecule has 1 aliphatic carbocycles. The molecule has 0 aliphatic heterocycles. The maximum Gasteiger partial charge on any atom is 0.335 e. The molecule has 6 rings (SSSR count). The summed E-state index contributed by atoms with van der Waals surface area (Å²) in [7, 11) is 0. The SMILES string of the molecule is O=C(O)c1ccc2c(c1)nc(-c1ccc(N(Cc3ccccc3)Cc3ccccc3)cc1)n2C1CCCCC1. The highest BCUT2D eigenvalue weighted by atomic mass is 16.4. The summed E-state index contributed by atoms with van der Waals surface area (Å²) in [5.74, 6) is -0.00407. The predicted molar refractivity (Wildman–Crippen MR) is 157 cm³/mol. The summed E-state index contributed by atoms with van der Waals surface area (Å²) in [5.41, 5.74) is 6.78. The monoisotopic (exact) mass is 515 g/mol. The van der Waals surface area contributed by atoms with E-state index < -0.39 is 5.97 Å². The topological polar surface area (TPSA) is 58.4 Å². The highest BCUT2D eigenvalue weighted by molar-refractivity contribution is 5.93. The highest BCUT2D eigenvalue weighted by Crippen LogP contribution is 2.37. The molecule has 1 heterocycles. The van der Waals surface area contributed by atoms with Crippen molar-refractivity contribution in [3.63, 3.8) is 0 Å². The summed E-state index contributed by atoms with van der Waals surface area (Å²) in [4.78, 5) is 19.0. The molecule has 0 radical (unpaired) electrons. The molecular formula is C34H33N3O2. The molecule has 0 unspecified atom stereocenters. The van der Waals surface area contributed by atoms with E-state index in [1.54, 1.807) is 12.1 Å². The Bertz CT molecular complexity index is 1510. The smallest absolute Gasteiger partial charge is 0.335 e. The lowest BCUT2D eigenvalue weighted by Gasteiger charge is -2.27. The fourth-order valence-corrected chi connectivity index (χ4v) is 5.81. The molecule has 1 fully saturated rings. The molecule has 5 aromatic rings. The molecule has 0 saturated heterocycles. The molecule has 1 aromatic heterocycles. The minimum atomic E-state index is -0.924. The van der Waals surface area contributed by atoms with E-state index in [0.717, 1.165) is 54.0 Å². The van der Waals surface area contributed by atoms with Gasteiger partial charge in [-0.25, -0.2) is 9.78 Å². The van der Waals surface area contributed by atoms with Gasteiger partial charge in [0.05, 0.1) is 16.6 Å². The van der Waals surface area contributed by atoms with E-state index in [1.165, 1.54) is 30.4 Å². The Morgan fingerprint density at radius 1 is 0.795 bits per heavy atom. The third-order valence-corrected chi connectivity index (χ3v) is 7.80. The van der Waals surface area contributed by atoms with E-state index in [-0.39, 0.29) is 5.56 Å². The van der Waals surface area contributed by atoms with Gasteiger partial charge in [-0.3, -0.25) is 0 Å². The van der Waals surface area contributed by atoms with Gasteiger partial charge in [-0.1, -0.05) is 79.9 Å². The number of imidazole rings is 1. The Morgan fingerprint density at radius 2 is 1.41 bits per heavy atom. The Hall–Kier alpha value is -4.38. The summed E-state index contributed by atoms with van der Waals surface area (Å²) >= 11 is 0. The number of aromatic carboxylic acids is 1. The van der Waals surface area contributed by atoms with Crippen LogP contribution in [0.5, 0.6) is 0 Å². The number of carbonyl (C=O) groups is 1. The number of benzene rings is 4. The van der Waals surface area contributed by atoms with Gasteiger partial charge in [0.1, 0.15) is 5.82 Å². The Kier molecular flexibility index (Phi) is 7.13. The Labute approximate surface area is 229 Å². The number of hydrogen-bond donors (Lipinski definition) is 1. The zero-order chi connectivity index (χ0) is 26.6. The van der Waals surface area contributed by atoms with Gasteiger partial charge < -0.3 is 14.6 Å². The number of aromatic nitrogens is 2. The molecule has 0 amide bonds. The third kappa shape index (κ3) is 5.44. The van der Waals surface area contributed by atoms with E-state index >= 15 is 0 Å². The van der Waals surface area contributed by atoms with Gasteiger partial charge in [0.25, 0.3) is 0 Å². The summed E-state index contributed by atoms with van der Waals surface area (Å²) < 4.78 is 2.36. The van der Waals surface area contributed by atoms with Gasteiger partial charge in [0, 0.05) is 30.4 Å². The van der Waals surface area contributed by atoms with Crippen molar-refractivity contribution in [2.75, 3.05) is 4.90 Å². The van der Waals surface area contributed by atoms with Crippen molar-refractivity contribution in [3.05, 3.63) is 120 Å². The van der Waals surface area contributed by atoms with Gasteiger partial charge in [-0.05, 0) is 66.4 Å². The summed E-state index contributed by atoms with van der Waals surface area (Å²) in [6.45, 7) is 1.63. The first-order valence-electron chi connectivity index (χ1n) is 13.8. The lowest BCUT2D eigenvalue weighted by molar-refractivity contribution is 0.0697. The molecule has 0 spiro atoms. The van der Waals surface area contributed by atoms with Crippen LogP contribution in [-0.4, -0.2) is 20.6 Å². The van der Waals surface area contributed by atoms with Crippen LogP contribution >= 0.6 is 0 Å². The molecule has 1 N–H and O–H groups in total. The first kappa shape index (κ1) is 24.9. The molecular weight excluding hydrogens is 482 g/mol. The van der Waals surface area contributed by atoms with Gasteiger partial charge in [-0.2, -0.15) is 0 Å². The largest absolute Gasteiger partial charge is 0.478 e. The number of carboxylic acids is 1. The van der Waals surface area contributed by atoms with Crippen molar-refractivity contribution in [1.82, 2.24) is 9.55 Å². The van der Waals surface area contributed by atoms with Crippen LogP contribution in [0.4, 0.5) is 5.69 Å². The second-order valence-corrected chi connectivity index (χ2v) is 10.5. The van der Waals surface area contributed by atoms with Crippen molar-refractivity contribution >= 4 is 22.7 Å². The van der Waals surface area contributed by atoms with E-state index in [2.05, 4.69) is 94.4 Å². The van der Waals surface area contributed by atoms with E-state index in [1.807, 2.05) is 6.07 Å². The summed E-state index contributed by atoms with van der Waals surface area (Å²) in [6, 6.07) is 35.6. The van der Waals surface area contributed by atoms with Crippen molar-refractivity contribution in [2.24, 2.45) is 0 Å². The molecule has 5 heteroatoms. The zero-order valence-electron chi connectivity index (χ0n) is 22.0. The summed E-state index contributed by atoms with van der Waals surface area (Å²) in [5, 5.41) is 9.54. The number of rotatable bonds is 8. The molecule has 39 heavy (non-hydrogen) atoms. The first-order valence-corrected chi connectivity index (χ1v) is 13.8. The van der Waals surface area contributed by atoms with Gasteiger partial charge in [-0.15, -0.1) is 0 Å². The van der Waals surface area contributed by atoms with Crippen LogP contribution in [0.15, 0.2) is 103 Å². The Morgan fingerprint density at radius 3 is 2.00 bits per heavy atom. The maximum absolute atomic E-state index is 11.6. The number of nitrogens with zero attached hydrogens (tertiary/aromatic N) is 3. The fourth-order valence-electron chi connectivity index (χ4n) is 5.81. The van der Waals surface area contributed by atoms with Crippen molar-refractivity contribution in [2.45, 2.75) is 51.2 Å². The lowest BCUT2D eigenvalue weighted by Crippen LogP contribution is -2.22. The molecule has 0 bridgehead atoms. The van der Waals surface area contributed by atoms with Crippen LogP contribution in [-0.2, 0) is 13.1 Å². The number of carboxylic acid groups (broad SMARTS) is 1. The second kappa shape index (κ2) is 11.2. The van der Waals surface area contributed by atoms with Crippen LogP contribution in [0.25, 0.3) is 22.4 Å². The molecule has 5 nitrogen and oxygen atoms in total. The van der Waals surface area contributed by atoms with Crippen LogP contribution in [0.2, 0.25) is 0 Å². The average Bonchev–Trinajstić information content (AvgIpc) is 3.37. The van der Waals surface area contributed by atoms with Gasteiger partial charge >= 0.3 is 5.97 Å². The predicted octanol–water partition coefficient (Wildman–Crippen LogP) is 8.11. The lowest BCUT2D eigenvalue weighted by atomic mass is 9.94. The van der Waals surface area contributed by atoms with Crippen LogP contribution in [0, 0.1) is 0 Å². The fraction of sp³-hybridized carbons (Fsp3) is 0.235. The van der Waals surface area contributed by atoms with Crippen molar-refractivity contribution in [1.29, 1.82) is 0 Å². The summed E-state index contributed by atoms with van der Waals surface area (Å²) in [6.07, 6.45) is 5.95. The minimum absolute atomic E-state index is 0.273. The number of fused-ring (bicyclic) bond motifs is 1. The molecule has 4 aromatic carbocycles. The maximum atomic E-state index is 11.6. The first-order chi connectivity index (χ1) is 19.2. The number of hydrogen-bond acceptors (Lipinski definition) is 3.